The van der Waals surface area contributed by atoms with Crippen molar-refractivity contribution in [2.45, 2.75) is 13.3 Å². The first kappa shape index (κ1) is 15.8. The zero-order valence-electron chi connectivity index (χ0n) is 11.7. The normalized spacial score (nSPS) is 10.0. The molecule has 0 saturated heterocycles. The predicted molar refractivity (Wildman–Crippen MR) is 78.5 cm³/mol. The van der Waals surface area contributed by atoms with Gasteiger partial charge in [0.2, 0.25) is 0 Å². The second kappa shape index (κ2) is 7.41. The van der Waals surface area contributed by atoms with Gasteiger partial charge in [-0.25, -0.2) is 4.79 Å². The number of aromatic nitrogens is 2. The van der Waals surface area contributed by atoms with Crippen LogP contribution in [-0.2, 0) is 16.0 Å². The van der Waals surface area contributed by atoms with Gasteiger partial charge in [0.15, 0.2) is 11.5 Å². The summed E-state index contributed by atoms with van der Waals surface area (Å²) in [5.74, 6) is -1.91. The number of aryl methyl sites for hydroxylation is 1. The van der Waals surface area contributed by atoms with Crippen molar-refractivity contribution in [1.82, 2.24) is 14.9 Å². The lowest BCUT2D eigenvalue weighted by atomic mass is 10.2. The molecule has 8 heteroatoms. The molecule has 1 aromatic heterocycles. The number of benzene rings is 1. The molecule has 0 spiro atoms. The van der Waals surface area contributed by atoms with Gasteiger partial charge in [0.1, 0.15) is 0 Å². The van der Waals surface area contributed by atoms with Crippen LogP contribution in [0.25, 0.3) is 0 Å². The number of nitrogens with one attached hydrogen (secondary N) is 1. The quantitative estimate of drug-likeness (QED) is 0.832. The molecule has 22 heavy (non-hydrogen) atoms. The molecule has 114 valence electrons. The van der Waals surface area contributed by atoms with Crippen molar-refractivity contribution in [3.8, 4) is 0 Å². The lowest BCUT2D eigenvalue weighted by molar-refractivity contribution is -0.123. The van der Waals surface area contributed by atoms with Crippen LogP contribution in [0.1, 0.15) is 32.6 Å². The van der Waals surface area contributed by atoms with E-state index >= 15 is 0 Å². The molecule has 0 aliphatic heterocycles. The zero-order chi connectivity index (χ0) is 15.9. The first-order valence-electron chi connectivity index (χ1n) is 6.49. The standard InChI is InChI=1S/C14H13N3O4S/c1-2-10-12(22-17-16-10)14(20)21-8-11(18)15-13(19)9-6-4-3-5-7-9/h3-7H,2,8H2,1H3,(H,15,18,19). The fraction of sp³-hybridized carbons (Fsp3) is 0.214. The third-order valence-corrected chi connectivity index (χ3v) is 3.45. The van der Waals surface area contributed by atoms with Crippen molar-refractivity contribution in [2.24, 2.45) is 0 Å². The van der Waals surface area contributed by atoms with Crippen molar-refractivity contribution < 1.29 is 19.1 Å². The van der Waals surface area contributed by atoms with E-state index in [1.54, 1.807) is 30.3 Å². The molecule has 0 bridgehead atoms. The largest absolute Gasteiger partial charge is 0.451 e. The smallest absolute Gasteiger partial charge is 0.352 e. The molecule has 0 radical (unpaired) electrons. The molecule has 1 N–H and O–H groups in total. The van der Waals surface area contributed by atoms with E-state index < -0.39 is 24.4 Å². The topological polar surface area (TPSA) is 98.2 Å². The fourth-order valence-corrected chi connectivity index (χ4v) is 2.26. The monoisotopic (exact) mass is 319 g/mol. The summed E-state index contributed by atoms with van der Waals surface area (Å²) in [5, 5.41) is 5.93. The average molecular weight is 319 g/mol. The van der Waals surface area contributed by atoms with E-state index in [1.807, 2.05) is 6.92 Å². The third kappa shape index (κ3) is 3.95. The van der Waals surface area contributed by atoms with Gasteiger partial charge in [-0.05, 0) is 30.1 Å². The summed E-state index contributed by atoms with van der Waals surface area (Å²) in [5.41, 5.74) is 0.873. The highest BCUT2D eigenvalue weighted by molar-refractivity contribution is 7.07. The predicted octanol–water partition coefficient (Wildman–Crippen LogP) is 1.21. The van der Waals surface area contributed by atoms with Crippen LogP contribution in [0.4, 0.5) is 0 Å². The highest BCUT2D eigenvalue weighted by Crippen LogP contribution is 2.12. The summed E-state index contributed by atoms with van der Waals surface area (Å²) in [7, 11) is 0. The SMILES string of the molecule is CCc1nnsc1C(=O)OCC(=O)NC(=O)c1ccccc1. The Hall–Kier alpha value is -2.61. The lowest BCUT2D eigenvalue weighted by Gasteiger charge is -2.05. The van der Waals surface area contributed by atoms with Gasteiger partial charge < -0.3 is 4.74 Å². The van der Waals surface area contributed by atoms with E-state index in [4.69, 9.17) is 4.74 Å². The van der Waals surface area contributed by atoms with Crippen molar-refractivity contribution >= 4 is 29.3 Å². The number of imide groups is 1. The minimum atomic E-state index is -0.697. The van der Waals surface area contributed by atoms with Crippen LogP contribution in [0.2, 0.25) is 0 Å². The summed E-state index contributed by atoms with van der Waals surface area (Å²) in [4.78, 5) is 35.4. The Morgan fingerprint density at radius 3 is 2.64 bits per heavy atom. The Morgan fingerprint density at radius 1 is 1.23 bits per heavy atom. The molecule has 1 aromatic carbocycles. The maximum atomic E-state index is 11.8. The molecular formula is C14H13N3O4S. The summed E-state index contributed by atoms with van der Waals surface area (Å²) in [6, 6.07) is 8.27. The second-order valence-electron chi connectivity index (χ2n) is 4.22. The van der Waals surface area contributed by atoms with Crippen LogP contribution >= 0.6 is 11.5 Å². The first-order chi connectivity index (χ1) is 10.6. The summed E-state index contributed by atoms with van der Waals surface area (Å²) < 4.78 is 8.52. The lowest BCUT2D eigenvalue weighted by Crippen LogP contribution is -2.34. The average Bonchev–Trinajstić information content (AvgIpc) is 3.02. The number of carbonyl (C=O) groups is 3. The minimum absolute atomic E-state index is 0.268. The van der Waals surface area contributed by atoms with E-state index in [1.165, 1.54) is 0 Å². The van der Waals surface area contributed by atoms with Crippen LogP contribution in [0.15, 0.2) is 30.3 Å². The molecule has 7 nitrogen and oxygen atoms in total. The Kier molecular flexibility index (Phi) is 5.31. The molecule has 0 aliphatic rings. The number of nitrogens with zero attached hydrogens (tertiary/aromatic N) is 2. The number of ether oxygens (including phenoxy) is 1. The van der Waals surface area contributed by atoms with Gasteiger partial charge in [0.25, 0.3) is 11.8 Å². The fourth-order valence-electron chi connectivity index (χ4n) is 1.62. The van der Waals surface area contributed by atoms with Crippen molar-refractivity contribution in [2.75, 3.05) is 6.61 Å². The van der Waals surface area contributed by atoms with Gasteiger partial charge in [-0.2, -0.15) is 0 Å². The Bertz CT molecular complexity index is 684. The number of carbonyl (C=O) groups excluding carboxylic acids is 3. The summed E-state index contributed by atoms with van der Waals surface area (Å²) in [6.07, 6.45) is 0.541. The maximum absolute atomic E-state index is 11.8. The Labute approximate surface area is 130 Å². The van der Waals surface area contributed by atoms with E-state index in [-0.39, 0.29) is 4.88 Å². The van der Waals surface area contributed by atoms with Gasteiger partial charge in [-0.1, -0.05) is 29.6 Å². The molecule has 0 aliphatic carbocycles. The molecule has 2 rings (SSSR count). The molecule has 2 aromatic rings. The van der Waals surface area contributed by atoms with Crippen LogP contribution in [0.5, 0.6) is 0 Å². The number of hydrogen-bond donors (Lipinski definition) is 1. The Morgan fingerprint density at radius 2 is 1.95 bits per heavy atom. The number of hydrogen-bond acceptors (Lipinski definition) is 7. The highest BCUT2D eigenvalue weighted by atomic mass is 32.1. The van der Waals surface area contributed by atoms with Gasteiger partial charge >= 0.3 is 5.97 Å². The van der Waals surface area contributed by atoms with Crippen molar-refractivity contribution in [3.63, 3.8) is 0 Å². The molecule has 1 heterocycles. The number of esters is 1. The number of rotatable bonds is 5. The van der Waals surface area contributed by atoms with Crippen molar-refractivity contribution in [3.05, 3.63) is 46.5 Å². The first-order valence-corrected chi connectivity index (χ1v) is 7.26. The van der Waals surface area contributed by atoms with E-state index in [0.717, 1.165) is 11.5 Å². The van der Waals surface area contributed by atoms with E-state index in [9.17, 15) is 14.4 Å². The minimum Gasteiger partial charge on any atom is -0.451 e. The molecule has 0 saturated carbocycles. The second-order valence-corrected chi connectivity index (χ2v) is 4.98. The highest BCUT2D eigenvalue weighted by Gasteiger charge is 2.18. The molecule has 0 atom stereocenters. The van der Waals surface area contributed by atoms with Gasteiger partial charge in [-0.3, -0.25) is 14.9 Å². The van der Waals surface area contributed by atoms with Crippen molar-refractivity contribution in [1.29, 1.82) is 0 Å². The van der Waals surface area contributed by atoms with Gasteiger partial charge in [-0.15, -0.1) is 5.10 Å². The molecular weight excluding hydrogens is 306 g/mol. The van der Waals surface area contributed by atoms with Crippen LogP contribution in [-0.4, -0.2) is 34.0 Å². The zero-order valence-corrected chi connectivity index (χ0v) is 12.6. The van der Waals surface area contributed by atoms with E-state index in [2.05, 4.69) is 14.9 Å². The molecule has 0 fully saturated rings. The summed E-state index contributed by atoms with van der Waals surface area (Å²) >= 11 is 0.910. The molecule has 0 unspecified atom stereocenters. The number of amides is 2. The Balaban J connectivity index is 1.85. The molecule has 2 amide bonds. The van der Waals surface area contributed by atoms with Gasteiger partial charge in [0.05, 0.1) is 5.69 Å². The third-order valence-electron chi connectivity index (χ3n) is 2.70. The maximum Gasteiger partial charge on any atom is 0.352 e. The van der Waals surface area contributed by atoms with Gasteiger partial charge in [0, 0.05) is 5.56 Å². The van der Waals surface area contributed by atoms with Crippen LogP contribution < -0.4 is 5.32 Å². The summed E-state index contributed by atoms with van der Waals surface area (Å²) in [6.45, 7) is 1.29. The van der Waals surface area contributed by atoms with E-state index in [0.29, 0.717) is 17.7 Å². The van der Waals surface area contributed by atoms with Crippen LogP contribution in [0.3, 0.4) is 0 Å². The van der Waals surface area contributed by atoms with Crippen LogP contribution in [0, 0.1) is 0 Å².